The number of carbonyl (C=O) groups excluding carboxylic acids is 1. The maximum atomic E-state index is 13.1. The monoisotopic (exact) mass is 298 g/mol. The van der Waals surface area contributed by atoms with Gasteiger partial charge in [0.05, 0.1) is 0 Å². The Labute approximate surface area is 124 Å². The van der Waals surface area contributed by atoms with Crippen LogP contribution in [0.25, 0.3) is 11.0 Å². The normalized spacial score (nSPS) is 11.6. The molecule has 5 nitrogen and oxygen atoms in total. The standard InChI is InChI=1S/C16H11FN2O3/c17-11-5-3-6-12(9-11)18-15(20)13-8-10-4-1-2-7-14(10)22-16(13)19-21/h1-9,21H,(H,18,20)/b19-16+. The summed E-state index contributed by atoms with van der Waals surface area (Å²) in [5, 5.41) is 15.2. The van der Waals surface area contributed by atoms with Crippen LogP contribution in [0.2, 0.25) is 0 Å². The number of carbonyl (C=O) groups is 1. The van der Waals surface area contributed by atoms with Gasteiger partial charge in [-0.3, -0.25) is 4.79 Å². The Morgan fingerprint density at radius 3 is 2.73 bits per heavy atom. The van der Waals surface area contributed by atoms with Gasteiger partial charge in [-0.25, -0.2) is 4.39 Å². The van der Waals surface area contributed by atoms with Crippen LogP contribution in [0.1, 0.15) is 10.4 Å². The van der Waals surface area contributed by atoms with Crippen LogP contribution >= 0.6 is 0 Å². The lowest BCUT2D eigenvalue weighted by molar-refractivity contribution is 0.102. The summed E-state index contributed by atoms with van der Waals surface area (Å²) in [5.74, 6) is -1.03. The van der Waals surface area contributed by atoms with Crippen molar-refractivity contribution in [2.24, 2.45) is 5.16 Å². The summed E-state index contributed by atoms with van der Waals surface area (Å²) in [7, 11) is 0. The van der Waals surface area contributed by atoms with Crippen molar-refractivity contribution < 1.29 is 18.8 Å². The van der Waals surface area contributed by atoms with E-state index >= 15 is 0 Å². The van der Waals surface area contributed by atoms with E-state index in [2.05, 4.69) is 10.5 Å². The van der Waals surface area contributed by atoms with Gasteiger partial charge in [-0.05, 0) is 35.5 Å². The fraction of sp³-hybridized carbons (Fsp3) is 0. The molecule has 1 aromatic heterocycles. The summed E-state index contributed by atoms with van der Waals surface area (Å²) >= 11 is 0. The van der Waals surface area contributed by atoms with E-state index in [1.165, 1.54) is 18.2 Å². The fourth-order valence-electron chi connectivity index (χ4n) is 2.07. The fourth-order valence-corrected chi connectivity index (χ4v) is 2.07. The van der Waals surface area contributed by atoms with Crippen molar-refractivity contribution >= 4 is 22.6 Å². The maximum Gasteiger partial charge on any atom is 0.268 e. The first-order valence-electron chi connectivity index (χ1n) is 6.45. The Bertz CT molecular complexity index is 918. The highest BCUT2D eigenvalue weighted by atomic mass is 19.1. The van der Waals surface area contributed by atoms with E-state index in [-0.39, 0.29) is 11.1 Å². The molecular weight excluding hydrogens is 287 g/mol. The molecule has 1 heterocycles. The van der Waals surface area contributed by atoms with E-state index in [0.717, 1.165) is 0 Å². The predicted molar refractivity (Wildman–Crippen MR) is 77.9 cm³/mol. The lowest BCUT2D eigenvalue weighted by Crippen LogP contribution is -2.21. The number of halogens is 1. The van der Waals surface area contributed by atoms with Gasteiger partial charge >= 0.3 is 0 Å². The maximum absolute atomic E-state index is 13.1. The van der Waals surface area contributed by atoms with Gasteiger partial charge in [0.15, 0.2) is 0 Å². The Balaban J connectivity index is 2.03. The van der Waals surface area contributed by atoms with Crippen LogP contribution in [0.5, 0.6) is 0 Å². The van der Waals surface area contributed by atoms with Gasteiger partial charge in [-0.1, -0.05) is 24.3 Å². The van der Waals surface area contributed by atoms with Gasteiger partial charge in [0.25, 0.3) is 11.5 Å². The molecule has 0 spiro atoms. The Kier molecular flexibility index (Phi) is 3.57. The van der Waals surface area contributed by atoms with E-state index in [1.54, 1.807) is 36.4 Å². The summed E-state index contributed by atoms with van der Waals surface area (Å²) in [5.41, 5.74) is 0.609. The second-order valence-corrected chi connectivity index (χ2v) is 4.57. The van der Waals surface area contributed by atoms with Crippen molar-refractivity contribution in [3.63, 3.8) is 0 Å². The van der Waals surface area contributed by atoms with Crippen molar-refractivity contribution in [2.75, 3.05) is 5.32 Å². The third-order valence-corrected chi connectivity index (χ3v) is 3.07. The number of hydrogen-bond donors (Lipinski definition) is 2. The molecule has 3 rings (SSSR count). The molecule has 0 radical (unpaired) electrons. The molecule has 0 unspecified atom stereocenters. The summed E-state index contributed by atoms with van der Waals surface area (Å²) in [4.78, 5) is 12.3. The summed E-state index contributed by atoms with van der Waals surface area (Å²) in [6, 6.07) is 14.0. The number of amides is 1. The van der Waals surface area contributed by atoms with Crippen molar-refractivity contribution in [1.29, 1.82) is 0 Å². The zero-order valence-electron chi connectivity index (χ0n) is 11.3. The molecule has 0 aliphatic heterocycles. The second-order valence-electron chi connectivity index (χ2n) is 4.57. The first-order chi connectivity index (χ1) is 10.7. The zero-order valence-corrected chi connectivity index (χ0v) is 11.3. The van der Waals surface area contributed by atoms with Crippen molar-refractivity contribution in [3.8, 4) is 0 Å². The number of anilines is 1. The lowest BCUT2D eigenvalue weighted by atomic mass is 10.1. The largest absolute Gasteiger partial charge is 0.435 e. The number of para-hydroxylation sites is 1. The zero-order chi connectivity index (χ0) is 15.5. The number of fused-ring (bicyclic) bond motifs is 1. The van der Waals surface area contributed by atoms with Crippen molar-refractivity contribution in [1.82, 2.24) is 0 Å². The summed E-state index contributed by atoms with van der Waals surface area (Å²) in [6.45, 7) is 0. The number of benzene rings is 2. The van der Waals surface area contributed by atoms with Gasteiger partial charge in [-0.2, -0.15) is 0 Å². The number of rotatable bonds is 2. The Morgan fingerprint density at radius 2 is 1.95 bits per heavy atom. The van der Waals surface area contributed by atoms with Gasteiger partial charge in [0, 0.05) is 11.1 Å². The Morgan fingerprint density at radius 1 is 1.14 bits per heavy atom. The average Bonchev–Trinajstić information content (AvgIpc) is 2.53. The van der Waals surface area contributed by atoms with Crippen LogP contribution in [0.3, 0.4) is 0 Å². The molecule has 0 bridgehead atoms. The van der Waals surface area contributed by atoms with Crippen LogP contribution in [0, 0.1) is 5.82 Å². The topological polar surface area (TPSA) is 74.8 Å². The van der Waals surface area contributed by atoms with Gasteiger partial charge in [-0.15, -0.1) is 0 Å². The average molecular weight is 298 g/mol. The Hall–Kier alpha value is -3.15. The number of hydrogen-bond acceptors (Lipinski definition) is 4. The van der Waals surface area contributed by atoms with E-state index in [9.17, 15) is 9.18 Å². The minimum atomic E-state index is -0.562. The van der Waals surface area contributed by atoms with E-state index in [4.69, 9.17) is 9.62 Å². The number of nitrogens with zero attached hydrogens (tertiary/aromatic N) is 1. The first kappa shape index (κ1) is 13.8. The third-order valence-electron chi connectivity index (χ3n) is 3.07. The van der Waals surface area contributed by atoms with E-state index in [0.29, 0.717) is 16.7 Å². The summed E-state index contributed by atoms with van der Waals surface area (Å²) < 4.78 is 18.5. The van der Waals surface area contributed by atoms with E-state index < -0.39 is 11.7 Å². The molecule has 2 N–H and O–H groups in total. The van der Waals surface area contributed by atoms with E-state index in [1.807, 2.05) is 0 Å². The SMILES string of the molecule is O=C(Nc1cccc(F)c1)c1cc2ccccc2o/c1=N/O. The molecule has 2 aromatic carbocycles. The molecule has 0 saturated carbocycles. The molecular formula is C16H11FN2O3. The van der Waals surface area contributed by atoms with Crippen molar-refractivity contribution in [3.05, 3.63) is 71.5 Å². The van der Waals surface area contributed by atoms with Crippen molar-refractivity contribution in [2.45, 2.75) is 0 Å². The van der Waals surface area contributed by atoms with Crippen LogP contribution in [0.4, 0.5) is 10.1 Å². The molecule has 6 heteroatoms. The molecule has 22 heavy (non-hydrogen) atoms. The van der Waals surface area contributed by atoms with Gasteiger partial charge < -0.3 is 14.9 Å². The molecule has 3 aromatic rings. The molecule has 1 amide bonds. The minimum Gasteiger partial charge on any atom is -0.435 e. The lowest BCUT2D eigenvalue weighted by Gasteiger charge is -2.06. The smallest absolute Gasteiger partial charge is 0.268 e. The highest BCUT2D eigenvalue weighted by Gasteiger charge is 2.13. The van der Waals surface area contributed by atoms with Gasteiger partial charge in [0.1, 0.15) is 17.0 Å². The molecule has 0 atom stereocenters. The third kappa shape index (κ3) is 2.67. The molecule has 0 aliphatic rings. The molecule has 0 fully saturated rings. The van der Waals surface area contributed by atoms with Crippen LogP contribution in [0.15, 0.2) is 64.2 Å². The summed E-state index contributed by atoms with van der Waals surface area (Å²) in [6.07, 6.45) is 0. The quantitative estimate of drug-likeness (QED) is 0.564. The highest BCUT2D eigenvalue weighted by Crippen LogP contribution is 2.15. The van der Waals surface area contributed by atoms with Gasteiger partial charge in [0.2, 0.25) is 0 Å². The van der Waals surface area contributed by atoms with Crippen LogP contribution < -0.4 is 10.9 Å². The number of nitrogens with one attached hydrogen (secondary N) is 1. The molecule has 110 valence electrons. The molecule has 0 saturated heterocycles. The van der Waals surface area contributed by atoms with Crippen LogP contribution in [-0.4, -0.2) is 11.1 Å². The second kappa shape index (κ2) is 5.69. The first-order valence-corrected chi connectivity index (χ1v) is 6.45. The highest BCUT2D eigenvalue weighted by molar-refractivity contribution is 6.05. The minimum absolute atomic E-state index is 0.0467. The molecule has 0 aliphatic carbocycles. The predicted octanol–water partition coefficient (Wildman–Crippen LogP) is 3.11. The van der Waals surface area contributed by atoms with Crippen LogP contribution in [-0.2, 0) is 0 Å².